The van der Waals surface area contributed by atoms with Gasteiger partial charge in [0.1, 0.15) is 5.54 Å². The van der Waals surface area contributed by atoms with Crippen molar-refractivity contribution in [2.45, 2.75) is 45.2 Å². The van der Waals surface area contributed by atoms with Crippen molar-refractivity contribution < 1.29 is 23.9 Å². The number of nitrogens with zero attached hydrogens (tertiary/aromatic N) is 1. The molecule has 7 nitrogen and oxygen atoms in total. The minimum Gasteiger partial charge on any atom is -0.465 e. The molecule has 0 aliphatic carbocycles. The largest absolute Gasteiger partial charge is 0.465 e. The first kappa shape index (κ1) is 22.4. The molecule has 0 radical (unpaired) electrons. The maximum absolute atomic E-state index is 13.8. The lowest BCUT2D eigenvalue weighted by molar-refractivity contribution is -0.155. The average molecular weight is 455 g/mol. The van der Waals surface area contributed by atoms with Gasteiger partial charge in [0.25, 0.3) is 0 Å². The predicted molar refractivity (Wildman–Crippen MR) is 120 cm³/mol. The Bertz CT molecular complexity index is 1070. The van der Waals surface area contributed by atoms with Crippen molar-refractivity contribution in [3.8, 4) is 0 Å². The monoisotopic (exact) mass is 454 g/mol. The maximum Gasteiger partial charge on any atom is 0.327 e. The van der Waals surface area contributed by atoms with E-state index in [0.717, 1.165) is 9.78 Å². The first-order valence-corrected chi connectivity index (χ1v) is 11.7. The molecule has 2 fully saturated rings. The van der Waals surface area contributed by atoms with Crippen molar-refractivity contribution in [3.63, 3.8) is 0 Å². The lowest BCUT2D eigenvalue weighted by Gasteiger charge is -2.32. The number of hydrogen-bond donors (Lipinski definition) is 1. The number of nitrogens with one attached hydrogen (secondary N) is 1. The van der Waals surface area contributed by atoms with Gasteiger partial charge in [-0.3, -0.25) is 24.5 Å². The van der Waals surface area contributed by atoms with Gasteiger partial charge in [0.15, 0.2) is 5.78 Å². The molecule has 4 rings (SSSR count). The lowest BCUT2D eigenvalue weighted by atomic mass is 9.77. The maximum atomic E-state index is 13.8. The number of ether oxygens (including phenoxy) is 1. The molecule has 168 valence electrons. The van der Waals surface area contributed by atoms with Gasteiger partial charge in [-0.05, 0) is 43.8 Å². The van der Waals surface area contributed by atoms with Crippen LogP contribution in [0.1, 0.15) is 54.9 Å². The van der Waals surface area contributed by atoms with Crippen LogP contribution in [0.5, 0.6) is 0 Å². The Morgan fingerprint density at radius 3 is 2.56 bits per heavy atom. The Morgan fingerprint density at radius 2 is 1.94 bits per heavy atom. The molecule has 32 heavy (non-hydrogen) atoms. The quantitative estimate of drug-likeness (QED) is 0.391. The molecule has 2 saturated heterocycles. The first-order valence-electron chi connectivity index (χ1n) is 10.8. The van der Waals surface area contributed by atoms with E-state index in [1.54, 1.807) is 31.2 Å². The van der Waals surface area contributed by atoms with Crippen molar-refractivity contribution in [3.05, 3.63) is 52.2 Å². The Morgan fingerprint density at radius 1 is 1.16 bits per heavy atom. The molecule has 1 N–H and O–H groups in total. The van der Waals surface area contributed by atoms with Gasteiger partial charge in [0.2, 0.25) is 11.8 Å². The lowest BCUT2D eigenvalue weighted by Crippen LogP contribution is -2.56. The van der Waals surface area contributed by atoms with Gasteiger partial charge in [-0.1, -0.05) is 31.5 Å². The fourth-order valence-electron chi connectivity index (χ4n) is 5.01. The van der Waals surface area contributed by atoms with E-state index < -0.39 is 35.3 Å². The number of carbonyl (C=O) groups excluding carboxylic acids is 4. The average Bonchev–Trinajstić information content (AvgIpc) is 3.46. The summed E-state index contributed by atoms with van der Waals surface area (Å²) in [5, 5.41) is 5.28. The molecule has 2 amide bonds. The van der Waals surface area contributed by atoms with Crippen molar-refractivity contribution >= 4 is 40.6 Å². The Kier molecular flexibility index (Phi) is 6.01. The summed E-state index contributed by atoms with van der Waals surface area (Å²) < 4.78 is 5.41. The molecule has 2 aromatic rings. The molecule has 1 aromatic heterocycles. The predicted octanol–water partition coefficient (Wildman–Crippen LogP) is 3.50. The van der Waals surface area contributed by atoms with Crippen molar-refractivity contribution in [2.24, 2.45) is 11.8 Å². The summed E-state index contributed by atoms with van der Waals surface area (Å²) in [6.45, 7) is 5.28. The zero-order valence-electron chi connectivity index (χ0n) is 18.3. The summed E-state index contributed by atoms with van der Waals surface area (Å²) in [5.74, 6) is -3.09. The third-order valence-electron chi connectivity index (χ3n) is 6.30. The number of anilines is 1. The van der Waals surface area contributed by atoms with Crippen LogP contribution in [0.15, 0.2) is 41.8 Å². The van der Waals surface area contributed by atoms with E-state index in [1.807, 2.05) is 24.4 Å². The van der Waals surface area contributed by atoms with E-state index in [2.05, 4.69) is 5.32 Å². The zero-order valence-corrected chi connectivity index (χ0v) is 19.1. The molecule has 1 aromatic carbocycles. The fraction of sp³-hybridized carbons (Fsp3) is 0.417. The minimum absolute atomic E-state index is 0.156. The molecule has 2 aliphatic heterocycles. The fourth-order valence-corrected chi connectivity index (χ4v) is 5.83. The molecule has 8 heteroatoms. The van der Waals surface area contributed by atoms with Crippen molar-refractivity contribution in [1.82, 2.24) is 5.32 Å². The van der Waals surface area contributed by atoms with E-state index in [9.17, 15) is 19.2 Å². The van der Waals surface area contributed by atoms with Crippen LogP contribution < -0.4 is 10.2 Å². The van der Waals surface area contributed by atoms with Crippen LogP contribution in [-0.4, -0.2) is 35.7 Å². The summed E-state index contributed by atoms with van der Waals surface area (Å²) in [4.78, 5) is 54.6. The van der Waals surface area contributed by atoms with Gasteiger partial charge in [0, 0.05) is 10.4 Å². The van der Waals surface area contributed by atoms with E-state index in [4.69, 9.17) is 4.74 Å². The van der Waals surface area contributed by atoms with E-state index in [1.165, 1.54) is 18.3 Å². The molecule has 4 atom stereocenters. The number of imide groups is 1. The number of rotatable bonds is 7. The van der Waals surface area contributed by atoms with Gasteiger partial charge >= 0.3 is 5.97 Å². The molecule has 2 aliphatic rings. The molecule has 0 spiro atoms. The number of carbonyl (C=O) groups is 4. The SMILES string of the molecule is CCC[C@@]1(C(=O)OCC)N[C@@H](c2cccs2)[C@H]2C(=O)N(c3cccc(C(C)=O)c3)C(=O)[C@H]21. The van der Waals surface area contributed by atoms with Gasteiger partial charge in [0.05, 0.1) is 30.2 Å². The van der Waals surface area contributed by atoms with Crippen molar-refractivity contribution in [1.29, 1.82) is 0 Å². The number of esters is 1. The highest BCUT2D eigenvalue weighted by Gasteiger charge is 2.68. The van der Waals surface area contributed by atoms with Gasteiger partial charge in [-0.25, -0.2) is 4.90 Å². The van der Waals surface area contributed by atoms with Gasteiger partial charge in [-0.2, -0.15) is 0 Å². The molecular formula is C24H26N2O5S. The second-order valence-corrected chi connectivity index (χ2v) is 9.18. The van der Waals surface area contributed by atoms with E-state index in [-0.39, 0.29) is 18.3 Å². The van der Waals surface area contributed by atoms with Crippen LogP contribution in [0.3, 0.4) is 0 Å². The highest BCUT2D eigenvalue weighted by atomic mass is 32.1. The molecule has 3 heterocycles. The standard InChI is InChI=1S/C24H26N2O5S/c1-4-11-24(23(30)31-5-2)19-18(20(25-24)17-10-7-12-32-17)21(28)26(22(19)29)16-9-6-8-15(13-16)14(3)27/h6-10,12-13,18-20,25H,4-5,11H2,1-3H3/t18-,19-,20-,24+/m0/s1. The highest BCUT2D eigenvalue weighted by molar-refractivity contribution is 7.10. The molecule has 0 bridgehead atoms. The van der Waals surface area contributed by atoms with Crippen LogP contribution in [0.25, 0.3) is 0 Å². The topological polar surface area (TPSA) is 92.8 Å². The number of Topliss-reactive ketones (excluding diaryl/α,β-unsaturated/α-hetero) is 1. The van der Waals surface area contributed by atoms with E-state index in [0.29, 0.717) is 24.1 Å². The minimum atomic E-state index is -1.29. The van der Waals surface area contributed by atoms with Gasteiger partial charge < -0.3 is 4.74 Å². The number of fused-ring (bicyclic) bond motifs is 1. The van der Waals surface area contributed by atoms with Crippen LogP contribution in [0, 0.1) is 11.8 Å². The summed E-state index contributed by atoms with van der Waals surface area (Å²) in [7, 11) is 0. The normalized spacial score (nSPS) is 27.0. The Hall–Kier alpha value is -2.84. The second kappa shape index (κ2) is 8.60. The third kappa shape index (κ3) is 3.38. The van der Waals surface area contributed by atoms with Crippen molar-refractivity contribution in [2.75, 3.05) is 11.5 Å². The summed E-state index contributed by atoms with van der Waals surface area (Å²) >= 11 is 1.48. The Labute approximate surface area is 190 Å². The van der Waals surface area contributed by atoms with Crippen LogP contribution >= 0.6 is 11.3 Å². The van der Waals surface area contributed by atoms with Gasteiger partial charge in [-0.15, -0.1) is 11.3 Å². The number of ketones is 1. The summed E-state index contributed by atoms with van der Waals surface area (Å²) in [6.07, 6.45) is 1.00. The van der Waals surface area contributed by atoms with Crippen LogP contribution in [0.2, 0.25) is 0 Å². The second-order valence-electron chi connectivity index (χ2n) is 8.20. The van der Waals surface area contributed by atoms with Crippen LogP contribution in [-0.2, 0) is 19.1 Å². The molecular weight excluding hydrogens is 428 g/mol. The van der Waals surface area contributed by atoms with Crippen LogP contribution in [0.4, 0.5) is 5.69 Å². The number of hydrogen-bond acceptors (Lipinski definition) is 7. The van der Waals surface area contributed by atoms with E-state index >= 15 is 0 Å². The first-order chi connectivity index (χ1) is 15.4. The smallest absolute Gasteiger partial charge is 0.327 e. The molecule has 0 saturated carbocycles. The summed E-state index contributed by atoms with van der Waals surface area (Å²) in [6, 6.07) is 9.81. The Balaban J connectivity index is 1.84. The molecule has 0 unspecified atom stereocenters. The summed E-state index contributed by atoms with van der Waals surface area (Å²) in [5.41, 5.74) is -0.524. The highest BCUT2D eigenvalue weighted by Crippen LogP contribution is 2.52. The number of benzene rings is 1. The zero-order chi connectivity index (χ0) is 23.0. The number of thiophene rings is 1. The number of amides is 2. The third-order valence-corrected chi connectivity index (χ3v) is 7.25.